The van der Waals surface area contributed by atoms with E-state index >= 15 is 0 Å². The van der Waals surface area contributed by atoms with Crippen LogP contribution in [0, 0.1) is 0 Å². The molecule has 0 rings (SSSR count). The van der Waals surface area contributed by atoms with E-state index in [1.165, 1.54) is 238 Å². The van der Waals surface area contributed by atoms with E-state index in [2.05, 4.69) is 32.9 Å². The average molecular weight is 932 g/mol. The van der Waals surface area contributed by atoms with Crippen molar-refractivity contribution in [2.75, 3.05) is 13.2 Å². The predicted octanol–water partition coefficient (Wildman–Crippen LogP) is 19.7. The minimum absolute atomic E-state index is 0.0642. The molecule has 0 aliphatic rings. The van der Waals surface area contributed by atoms with Crippen LogP contribution in [0.2, 0.25) is 0 Å². The van der Waals surface area contributed by atoms with E-state index in [1.54, 1.807) is 0 Å². The Morgan fingerprint density at radius 3 is 0.758 bits per heavy atom. The van der Waals surface area contributed by atoms with Gasteiger partial charge < -0.3 is 14.2 Å². The molecule has 0 aliphatic carbocycles. The summed E-state index contributed by atoms with van der Waals surface area (Å²) in [6.45, 7) is 6.70. The molecule has 0 unspecified atom stereocenters. The fourth-order valence-corrected chi connectivity index (χ4v) is 9.03. The lowest BCUT2D eigenvalue weighted by Gasteiger charge is -2.18. The second-order valence-electron chi connectivity index (χ2n) is 20.3. The molecule has 0 saturated carbocycles. The first-order valence-electron chi connectivity index (χ1n) is 29.7. The van der Waals surface area contributed by atoms with Crippen molar-refractivity contribution in [2.45, 2.75) is 341 Å². The van der Waals surface area contributed by atoms with Crippen molar-refractivity contribution in [3.63, 3.8) is 0 Å². The minimum Gasteiger partial charge on any atom is -0.462 e. The number of hydrogen-bond acceptors (Lipinski definition) is 6. The minimum atomic E-state index is -0.765. The summed E-state index contributed by atoms with van der Waals surface area (Å²) in [6, 6.07) is 0. The zero-order valence-corrected chi connectivity index (χ0v) is 44.7. The predicted molar refractivity (Wildman–Crippen MR) is 284 cm³/mol. The first-order valence-corrected chi connectivity index (χ1v) is 29.7. The van der Waals surface area contributed by atoms with Crippen LogP contribution in [0.1, 0.15) is 335 Å². The van der Waals surface area contributed by atoms with Crippen LogP contribution < -0.4 is 0 Å². The zero-order chi connectivity index (χ0) is 47.9. The molecule has 0 radical (unpaired) electrons. The van der Waals surface area contributed by atoms with Gasteiger partial charge in [-0.15, -0.1) is 0 Å². The van der Waals surface area contributed by atoms with Crippen LogP contribution in [0.3, 0.4) is 0 Å². The molecule has 0 amide bonds. The zero-order valence-electron chi connectivity index (χ0n) is 44.7. The van der Waals surface area contributed by atoms with E-state index in [0.717, 1.165) is 57.8 Å². The second kappa shape index (κ2) is 55.7. The number of ether oxygens (including phenoxy) is 3. The van der Waals surface area contributed by atoms with Crippen molar-refractivity contribution < 1.29 is 28.6 Å². The first kappa shape index (κ1) is 64.2. The maximum Gasteiger partial charge on any atom is 0.306 e. The standard InChI is InChI=1S/C60H114O6/c1-4-7-10-13-16-19-22-25-28-29-30-31-33-35-38-41-44-47-50-53-59(62)65-56-57(55-64-58(61)52-49-46-43-40-37-34-27-24-21-18-15-12-9-6-3)66-60(63)54-51-48-45-42-39-36-32-26-23-20-17-14-11-8-5-2/h25,28,57H,4-24,26-27,29-56H2,1-3H3/b28-25-/t57-/m1/s1. The highest BCUT2D eigenvalue weighted by molar-refractivity contribution is 5.71. The van der Waals surface area contributed by atoms with Gasteiger partial charge >= 0.3 is 17.9 Å². The smallest absolute Gasteiger partial charge is 0.306 e. The summed E-state index contributed by atoms with van der Waals surface area (Å²) in [5.41, 5.74) is 0. The summed E-state index contributed by atoms with van der Waals surface area (Å²) < 4.78 is 16.9. The van der Waals surface area contributed by atoms with E-state index in [9.17, 15) is 14.4 Å². The Labute approximate surface area is 411 Å². The van der Waals surface area contributed by atoms with Gasteiger partial charge in [-0.05, 0) is 44.9 Å². The molecule has 1 atom stereocenters. The Morgan fingerprint density at radius 2 is 0.500 bits per heavy atom. The van der Waals surface area contributed by atoms with Gasteiger partial charge in [-0.1, -0.05) is 283 Å². The fourth-order valence-electron chi connectivity index (χ4n) is 9.03. The molecule has 0 aromatic heterocycles. The number of allylic oxidation sites excluding steroid dienone is 2. The molecule has 0 fully saturated rings. The monoisotopic (exact) mass is 931 g/mol. The molecule has 6 heteroatoms. The number of unbranched alkanes of at least 4 members (excludes halogenated alkanes) is 42. The van der Waals surface area contributed by atoms with E-state index in [1.807, 2.05) is 0 Å². The molecule has 390 valence electrons. The van der Waals surface area contributed by atoms with Crippen molar-refractivity contribution >= 4 is 17.9 Å². The Morgan fingerprint density at radius 1 is 0.288 bits per heavy atom. The van der Waals surface area contributed by atoms with E-state index in [0.29, 0.717) is 19.3 Å². The highest BCUT2D eigenvalue weighted by Crippen LogP contribution is 2.17. The normalized spacial score (nSPS) is 12.0. The SMILES string of the molecule is CCCCCCCC/C=C\CCCCCCCCCCCC(=O)OC[C@@H](COC(=O)CCCCCCCCCCCCCCCC)OC(=O)CCCCCCCCCCCCCCCCC. The number of carbonyl (C=O) groups is 3. The van der Waals surface area contributed by atoms with Crippen molar-refractivity contribution in [1.82, 2.24) is 0 Å². The van der Waals surface area contributed by atoms with Crippen molar-refractivity contribution in [3.05, 3.63) is 12.2 Å². The van der Waals surface area contributed by atoms with Crippen LogP contribution in [0.15, 0.2) is 12.2 Å². The molecule has 0 N–H and O–H groups in total. The second-order valence-corrected chi connectivity index (χ2v) is 20.3. The molecule has 6 nitrogen and oxygen atoms in total. The molecule has 0 aromatic rings. The first-order chi connectivity index (χ1) is 32.5. The lowest BCUT2D eigenvalue weighted by Crippen LogP contribution is -2.30. The number of carbonyl (C=O) groups excluding carboxylic acids is 3. The molecule has 0 aromatic carbocycles. The fraction of sp³-hybridized carbons (Fsp3) is 0.917. The van der Waals surface area contributed by atoms with Crippen LogP contribution in [-0.4, -0.2) is 37.2 Å². The number of esters is 3. The third-order valence-electron chi connectivity index (χ3n) is 13.5. The molecular formula is C60H114O6. The van der Waals surface area contributed by atoms with Crippen LogP contribution in [0.5, 0.6) is 0 Å². The summed E-state index contributed by atoms with van der Waals surface area (Å²) >= 11 is 0. The van der Waals surface area contributed by atoms with Gasteiger partial charge in [-0.3, -0.25) is 14.4 Å². The van der Waals surface area contributed by atoms with Crippen LogP contribution in [-0.2, 0) is 28.6 Å². The maximum atomic E-state index is 12.9. The lowest BCUT2D eigenvalue weighted by molar-refractivity contribution is -0.167. The highest BCUT2D eigenvalue weighted by Gasteiger charge is 2.19. The Kier molecular flexibility index (Phi) is 54.2. The molecule has 0 spiro atoms. The topological polar surface area (TPSA) is 78.9 Å². The molecule has 66 heavy (non-hydrogen) atoms. The van der Waals surface area contributed by atoms with Gasteiger partial charge in [0.15, 0.2) is 6.10 Å². The number of rotatable bonds is 55. The van der Waals surface area contributed by atoms with Gasteiger partial charge in [0.1, 0.15) is 13.2 Å². The Hall–Kier alpha value is -1.85. The van der Waals surface area contributed by atoms with Crippen LogP contribution >= 0.6 is 0 Å². The maximum absolute atomic E-state index is 12.9. The molecular weight excluding hydrogens is 817 g/mol. The Bertz CT molecular complexity index is 1020. The van der Waals surface area contributed by atoms with Gasteiger partial charge in [0.2, 0.25) is 0 Å². The third-order valence-corrected chi connectivity index (χ3v) is 13.5. The van der Waals surface area contributed by atoms with Gasteiger partial charge in [0.05, 0.1) is 0 Å². The largest absolute Gasteiger partial charge is 0.462 e. The van der Waals surface area contributed by atoms with Gasteiger partial charge in [-0.2, -0.15) is 0 Å². The molecule has 0 saturated heterocycles. The highest BCUT2D eigenvalue weighted by atomic mass is 16.6. The van der Waals surface area contributed by atoms with E-state index in [4.69, 9.17) is 14.2 Å². The Balaban J connectivity index is 4.29. The van der Waals surface area contributed by atoms with Crippen LogP contribution in [0.4, 0.5) is 0 Å². The third kappa shape index (κ3) is 53.1. The lowest BCUT2D eigenvalue weighted by atomic mass is 10.0. The average Bonchev–Trinajstić information content (AvgIpc) is 3.31. The van der Waals surface area contributed by atoms with Gasteiger partial charge in [0.25, 0.3) is 0 Å². The number of hydrogen-bond donors (Lipinski definition) is 0. The molecule has 0 heterocycles. The summed E-state index contributed by atoms with van der Waals surface area (Å²) in [5, 5.41) is 0. The summed E-state index contributed by atoms with van der Waals surface area (Å²) in [4.78, 5) is 38.2. The van der Waals surface area contributed by atoms with Crippen molar-refractivity contribution in [2.24, 2.45) is 0 Å². The summed E-state index contributed by atoms with van der Waals surface area (Å²) in [6.07, 6.45) is 63.4. The van der Waals surface area contributed by atoms with Gasteiger partial charge in [-0.25, -0.2) is 0 Å². The van der Waals surface area contributed by atoms with Crippen LogP contribution in [0.25, 0.3) is 0 Å². The van der Waals surface area contributed by atoms with Gasteiger partial charge in [0, 0.05) is 19.3 Å². The summed E-state index contributed by atoms with van der Waals surface area (Å²) in [7, 11) is 0. The quantitative estimate of drug-likeness (QED) is 0.0262. The van der Waals surface area contributed by atoms with Crippen molar-refractivity contribution in [3.8, 4) is 0 Å². The van der Waals surface area contributed by atoms with E-state index in [-0.39, 0.29) is 31.1 Å². The van der Waals surface area contributed by atoms with E-state index < -0.39 is 6.10 Å². The molecule has 0 bridgehead atoms. The van der Waals surface area contributed by atoms with Crippen molar-refractivity contribution in [1.29, 1.82) is 0 Å². The molecule has 0 aliphatic heterocycles. The summed E-state index contributed by atoms with van der Waals surface area (Å²) in [5.74, 6) is -0.840.